The van der Waals surface area contributed by atoms with Gasteiger partial charge < -0.3 is 20.3 Å². The Morgan fingerprint density at radius 2 is 1.81 bits per heavy atom. The van der Waals surface area contributed by atoms with Gasteiger partial charge in [-0.3, -0.25) is 19.7 Å². The third-order valence-corrected chi connectivity index (χ3v) is 3.71. The van der Waals surface area contributed by atoms with E-state index in [1.807, 2.05) is 13.8 Å². The van der Waals surface area contributed by atoms with E-state index in [9.17, 15) is 24.5 Å². The van der Waals surface area contributed by atoms with Crippen molar-refractivity contribution in [3.05, 3.63) is 33.9 Å². The van der Waals surface area contributed by atoms with Crippen LogP contribution in [0.4, 0.5) is 11.4 Å². The van der Waals surface area contributed by atoms with Crippen molar-refractivity contribution in [2.45, 2.75) is 13.8 Å². The van der Waals surface area contributed by atoms with Gasteiger partial charge >= 0.3 is 5.97 Å². The van der Waals surface area contributed by atoms with Crippen molar-refractivity contribution in [3.63, 3.8) is 0 Å². The standard InChI is InChI=1S/C16H22N4O6/c1-4-19(5-2)14(21)9-18(3)15(22)10-26-16(23)12-8-11(20(24)25)6-7-13(12)17/h6-8H,4-5,9-10,17H2,1-3H3. The number of hydrogen-bond acceptors (Lipinski definition) is 7. The largest absolute Gasteiger partial charge is 0.452 e. The van der Waals surface area contributed by atoms with Gasteiger partial charge in [-0.1, -0.05) is 0 Å². The van der Waals surface area contributed by atoms with Gasteiger partial charge in [0.2, 0.25) is 5.91 Å². The monoisotopic (exact) mass is 366 g/mol. The molecule has 2 amide bonds. The number of benzene rings is 1. The molecule has 0 atom stereocenters. The van der Waals surface area contributed by atoms with Crippen molar-refractivity contribution in [3.8, 4) is 0 Å². The fraction of sp³-hybridized carbons (Fsp3) is 0.438. The summed E-state index contributed by atoms with van der Waals surface area (Å²) in [7, 11) is 1.42. The number of nitrogen functional groups attached to an aromatic ring is 1. The number of nitro groups is 1. The van der Waals surface area contributed by atoms with E-state index in [-0.39, 0.29) is 29.4 Å². The molecular formula is C16H22N4O6. The lowest BCUT2D eigenvalue weighted by molar-refractivity contribution is -0.384. The predicted molar refractivity (Wildman–Crippen MR) is 93.4 cm³/mol. The minimum atomic E-state index is -0.956. The summed E-state index contributed by atoms with van der Waals surface area (Å²) in [5, 5.41) is 10.8. The van der Waals surface area contributed by atoms with Gasteiger partial charge in [-0.25, -0.2) is 4.79 Å². The van der Waals surface area contributed by atoms with E-state index >= 15 is 0 Å². The normalized spacial score (nSPS) is 10.1. The molecule has 0 aromatic heterocycles. The van der Waals surface area contributed by atoms with Gasteiger partial charge in [0.25, 0.3) is 11.6 Å². The number of carbonyl (C=O) groups excluding carboxylic acids is 3. The highest BCUT2D eigenvalue weighted by atomic mass is 16.6. The quantitative estimate of drug-likeness (QED) is 0.309. The first-order valence-electron chi connectivity index (χ1n) is 7.94. The number of amides is 2. The van der Waals surface area contributed by atoms with Gasteiger partial charge in [0.05, 0.1) is 17.0 Å². The highest BCUT2D eigenvalue weighted by molar-refractivity contribution is 5.97. The number of carbonyl (C=O) groups is 3. The first kappa shape index (κ1) is 20.9. The Bertz CT molecular complexity index is 702. The number of rotatable bonds is 8. The number of esters is 1. The molecule has 0 aliphatic rings. The van der Waals surface area contributed by atoms with E-state index in [1.165, 1.54) is 13.1 Å². The molecule has 1 aromatic rings. The van der Waals surface area contributed by atoms with Gasteiger partial charge in [-0.05, 0) is 19.9 Å². The van der Waals surface area contributed by atoms with Crippen molar-refractivity contribution in [1.82, 2.24) is 9.80 Å². The summed E-state index contributed by atoms with van der Waals surface area (Å²) in [6.45, 7) is 3.96. The fourth-order valence-electron chi connectivity index (χ4n) is 2.12. The van der Waals surface area contributed by atoms with Crippen LogP contribution in [0.1, 0.15) is 24.2 Å². The number of anilines is 1. The van der Waals surface area contributed by atoms with Gasteiger partial charge in [-0.15, -0.1) is 0 Å². The molecule has 1 aromatic carbocycles. The SMILES string of the molecule is CCN(CC)C(=O)CN(C)C(=O)COC(=O)c1cc([N+](=O)[O-])ccc1N. The summed E-state index contributed by atoms with van der Waals surface area (Å²) in [6.07, 6.45) is 0. The van der Waals surface area contributed by atoms with Crippen molar-refractivity contribution in [2.75, 3.05) is 39.0 Å². The Morgan fingerprint density at radius 1 is 1.19 bits per heavy atom. The number of nitro benzene ring substituents is 1. The molecule has 0 saturated heterocycles. The smallest absolute Gasteiger partial charge is 0.341 e. The number of ether oxygens (including phenoxy) is 1. The molecule has 142 valence electrons. The first-order chi connectivity index (χ1) is 12.2. The number of nitrogens with zero attached hydrogens (tertiary/aromatic N) is 3. The lowest BCUT2D eigenvalue weighted by Crippen LogP contribution is -2.42. The molecule has 0 radical (unpaired) electrons. The highest BCUT2D eigenvalue weighted by Gasteiger charge is 2.20. The molecule has 0 fully saturated rings. The maximum atomic E-state index is 12.0. The fourth-order valence-corrected chi connectivity index (χ4v) is 2.12. The Morgan fingerprint density at radius 3 is 2.35 bits per heavy atom. The summed E-state index contributed by atoms with van der Waals surface area (Å²) >= 11 is 0. The lowest BCUT2D eigenvalue weighted by Gasteiger charge is -2.23. The average Bonchev–Trinajstić information content (AvgIpc) is 2.60. The van der Waals surface area contributed by atoms with Crippen LogP contribution in [-0.4, -0.2) is 65.8 Å². The zero-order valence-corrected chi connectivity index (χ0v) is 14.9. The second kappa shape index (κ2) is 9.35. The van der Waals surface area contributed by atoms with Crippen molar-refractivity contribution >= 4 is 29.2 Å². The van der Waals surface area contributed by atoms with Gasteiger partial charge in [0.15, 0.2) is 6.61 Å². The Labute approximate surface area is 150 Å². The summed E-state index contributed by atoms with van der Waals surface area (Å²) in [5.74, 6) is -1.76. The molecule has 10 heteroatoms. The number of likely N-dealkylation sites (N-methyl/N-ethyl adjacent to an activating group) is 2. The van der Waals surface area contributed by atoms with Crippen LogP contribution in [0.5, 0.6) is 0 Å². The maximum Gasteiger partial charge on any atom is 0.341 e. The molecule has 0 saturated carbocycles. The number of non-ortho nitro benzene ring substituents is 1. The van der Waals surface area contributed by atoms with Crippen LogP contribution in [0.25, 0.3) is 0 Å². The molecule has 10 nitrogen and oxygen atoms in total. The second-order valence-electron chi connectivity index (χ2n) is 5.42. The average molecular weight is 366 g/mol. The predicted octanol–water partition coefficient (Wildman–Crippen LogP) is 0.661. The van der Waals surface area contributed by atoms with E-state index in [0.717, 1.165) is 17.0 Å². The van der Waals surface area contributed by atoms with E-state index < -0.39 is 23.4 Å². The summed E-state index contributed by atoms with van der Waals surface area (Å²) in [6, 6.07) is 3.35. The topological polar surface area (TPSA) is 136 Å². The molecule has 0 spiro atoms. The lowest BCUT2D eigenvalue weighted by atomic mass is 10.1. The summed E-state index contributed by atoms with van der Waals surface area (Å²) in [5.41, 5.74) is 5.10. The summed E-state index contributed by atoms with van der Waals surface area (Å²) < 4.78 is 4.86. The third kappa shape index (κ3) is 5.43. The minimum absolute atomic E-state index is 0.00175. The zero-order valence-electron chi connectivity index (χ0n) is 14.9. The number of hydrogen-bond donors (Lipinski definition) is 1. The maximum absolute atomic E-state index is 12.0. The van der Waals surface area contributed by atoms with Gasteiger partial charge in [-0.2, -0.15) is 0 Å². The van der Waals surface area contributed by atoms with Crippen molar-refractivity contribution < 1.29 is 24.0 Å². The van der Waals surface area contributed by atoms with Crippen molar-refractivity contribution in [1.29, 1.82) is 0 Å². The van der Waals surface area contributed by atoms with Crippen LogP contribution < -0.4 is 5.73 Å². The van der Waals surface area contributed by atoms with E-state index in [0.29, 0.717) is 13.1 Å². The van der Waals surface area contributed by atoms with Gasteiger partial charge in [0, 0.05) is 38.0 Å². The molecule has 0 aliphatic heterocycles. The molecular weight excluding hydrogens is 344 g/mol. The van der Waals surface area contributed by atoms with E-state index in [4.69, 9.17) is 10.5 Å². The highest BCUT2D eigenvalue weighted by Crippen LogP contribution is 2.20. The van der Waals surface area contributed by atoms with Crippen LogP contribution in [0.15, 0.2) is 18.2 Å². The van der Waals surface area contributed by atoms with Crippen molar-refractivity contribution in [2.24, 2.45) is 0 Å². The first-order valence-corrected chi connectivity index (χ1v) is 7.94. The molecule has 0 unspecified atom stereocenters. The van der Waals surface area contributed by atoms with E-state index in [1.54, 1.807) is 4.90 Å². The second-order valence-corrected chi connectivity index (χ2v) is 5.42. The zero-order chi connectivity index (χ0) is 19.9. The Kier molecular flexibility index (Phi) is 7.51. The molecule has 26 heavy (non-hydrogen) atoms. The molecule has 0 heterocycles. The Balaban J connectivity index is 2.67. The molecule has 1 rings (SSSR count). The van der Waals surface area contributed by atoms with Crippen LogP contribution in [0.2, 0.25) is 0 Å². The molecule has 0 bridgehead atoms. The third-order valence-electron chi connectivity index (χ3n) is 3.71. The van der Waals surface area contributed by atoms with Crippen LogP contribution in [-0.2, 0) is 14.3 Å². The molecule has 2 N–H and O–H groups in total. The van der Waals surface area contributed by atoms with Crippen LogP contribution >= 0.6 is 0 Å². The number of nitrogens with two attached hydrogens (primary N) is 1. The van der Waals surface area contributed by atoms with E-state index in [2.05, 4.69) is 0 Å². The summed E-state index contributed by atoms with van der Waals surface area (Å²) in [4.78, 5) is 48.8. The van der Waals surface area contributed by atoms with Gasteiger partial charge in [0.1, 0.15) is 0 Å². The minimum Gasteiger partial charge on any atom is -0.452 e. The van der Waals surface area contributed by atoms with Crippen LogP contribution in [0, 0.1) is 10.1 Å². The molecule has 0 aliphatic carbocycles. The van der Waals surface area contributed by atoms with Crippen LogP contribution in [0.3, 0.4) is 0 Å². The Hall–Kier alpha value is -3.17.